The highest BCUT2D eigenvalue weighted by atomic mass is 35.5. The predicted octanol–water partition coefficient (Wildman–Crippen LogP) is 2.88. The van der Waals surface area contributed by atoms with Crippen molar-refractivity contribution in [2.24, 2.45) is 0 Å². The number of aromatic nitrogens is 3. The van der Waals surface area contributed by atoms with E-state index < -0.39 is 0 Å². The maximum absolute atomic E-state index is 11.8. The number of hydrogen-bond acceptors (Lipinski definition) is 2. The zero-order valence-electron chi connectivity index (χ0n) is 9.62. The van der Waals surface area contributed by atoms with Crippen LogP contribution < -0.4 is 5.43 Å². The van der Waals surface area contributed by atoms with Crippen LogP contribution in [0.25, 0.3) is 22.3 Å². The summed E-state index contributed by atoms with van der Waals surface area (Å²) in [6, 6.07) is 8.89. The third-order valence-corrected chi connectivity index (χ3v) is 3.05. The van der Waals surface area contributed by atoms with E-state index >= 15 is 0 Å². The van der Waals surface area contributed by atoms with Crippen molar-refractivity contribution in [3.63, 3.8) is 0 Å². The molecule has 0 atom stereocenters. The van der Waals surface area contributed by atoms with Crippen LogP contribution in [0.4, 0.5) is 0 Å². The van der Waals surface area contributed by atoms with Gasteiger partial charge in [0.1, 0.15) is 11.2 Å². The minimum absolute atomic E-state index is 0.0611. The van der Waals surface area contributed by atoms with Gasteiger partial charge in [-0.2, -0.15) is 5.10 Å². The SMILES string of the molecule is Cc1cc(=O)c2[nH]nc(-c3ccc(Cl)cc3)c2[nH]1. The highest BCUT2D eigenvalue weighted by Crippen LogP contribution is 2.24. The second-order valence-corrected chi connectivity index (χ2v) is 4.58. The minimum atomic E-state index is -0.0611. The van der Waals surface area contributed by atoms with Gasteiger partial charge in [-0.15, -0.1) is 0 Å². The van der Waals surface area contributed by atoms with Crippen LogP contribution in [0.3, 0.4) is 0 Å². The number of H-pyrrole nitrogens is 2. The fourth-order valence-electron chi connectivity index (χ4n) is 1.96. The topological polar surface area (TPSA) is 61.5 Å². The second kappa shape index (κ2) is 3.99. The minimum Gasteiger partial charge on any atom is -0.355 e. The van der Waals surface area contributed by atoms with Crippen molar-refractivity contribution in [3.05, 3.63) is 51.3 Å². The summed E-state index contributed by atoms with van der Waals surface area (Å²) in [5, 5.41) is 7.64. The van der Waals surface area contributed by atoms with Gasteiger partial charge < -0.3 is 4.98 Å². The summed E-state index contributed by atoms with van der Waals surface area (Å²) < 4.78 is 0. The van der Waals surface area contributed by atoms with Gasteiger partial charge in [-0.25, -0.2) is 0 Å². The molecular weight excluding hydrogens is 250 g/mol. The molecule has 2 aromatic heterocycles. The molecule has 5 heteroatoms. The van der Waals surface area contributed by atoms with Crippen LogP contribution in [0.5, 0.6) is 0 Å². The monoisotopic (exact) mass is 259 g/mol. The molecule has 4 nitrogen and oxygen atoms in total. The summed E-state index contributed by atoms with van der Waals surface area (Å²) in [6.45, 7) is 1.85. The zero-order chi connectivity index (χ0) is 12.7. The Balaban J connectivity index is 2.30. The standard InChI is InChI=1S/C13H10ClN3O/c1-7-6-10(18)12-13(15-7)11(16-17-12)8-2-4-9(14)5-3-8/h2-6H,1H3,(H,15,18)(H,16,17). The molecule has 2 N–H and O–H groups in total. The summed E-state index contributed by atoms with van der Waals surface area (Å²) in [5.74, 6) is 0. The van der Waals surface area contributed by atoms with Crippen molar-refractivity contribution < 1.29 is 0 Å². The second-order valence-electron chi connectivity index (χ2n) is 4.15. The number of aromatic amines is 2. The Morgan fingerprint density at radius 2 is 1.89 bits per heavy atom. The molecule has 0 aliphatic rings. The highest BCUT2D eigenvalue weighted by Gasteiger charge is 2.11. The maximum Gasteiger partial charge on any atom is 0.207 e. The van der Waals surface area contributed by atoms with Gasteiger partial charge in [0.15, 0.2) is 0 Å². The first-order valence-corrected chi connectivity index (χ1v) is 5.87. The Hall–Kier alpha value is -2.07. The fraction of sp³-hybridized carbons (Fsp3) is 0.0769. The average Bonchev–Trinajstić information content (AvgIpc) is 2.74. The number of hydrogen-bond donors (Lipinski definition) is 2. The number of nitrogens with zero attached hydrogens (tertiary/aromatic N) is 1. The van der Waals surface area contributed by atoms with Crippen molar-refractivity contribution in [3.8, 4) is 11.3 Å². The van der Waals surface area contributed by atoms with E-state index in [9.17, 15) is 4.79 Å². The van der Waals surface area contributed by atoms with Crippen LogP contribution in [0.1, 0.15) is 5.69 Å². The Morgan fingerprint density at radius 1 is 1.17 bits per heavy atom. The smallest absolute Gasteiger partial charge is 0.207 e. The third kappa shape index (κ3) is 1.71. The third-order valence-electron chi connectivity index (χ3n) is 2.80. The first-order valence-electron chi connectivity index (χ1n) is 5.49. The average molecular weight is 260 g/mol. The van der Waals surface area contributed by atoms with Crippen LogP contribution >= 0.6 is 11.6 Å². The molecule has 3 aromatic rings. The number of pyridine rings is 1. The first kappa shape index (κ1) is 11.0. The van der Waals surface area contributed by atoms with Gasteiger partial charge in [-0.1, -0.05) is 23.7 Å². The molecule has 0 fully saturated rings. The molecule has 0 amide bonds. The molecule has 18 heavy (non-hydrogen) atoms. The van der Waals surface area contributed by atoms with Gasteiger partial charge in [0.05, 0.1) is 5.52 Å². The van der Waals surface area contributed by atoms with Gasteiger partial charge in [0.25, 0.3) is 0 Å². The molecule has 3 rings (SSSR count). The lowest BCUT2D eigenvalue weighted by Gasteiger charge is -1.99. The van der Waals surface area contributed by atoms with Crippen LogP contribution in [0.15, 0.2) is 35.1 Å². The highest BCUT2D eigenvalue weighted by molar-refractivity contribution is 6.30. The van der Waals surface area contributed by atoms with E-state index in [1.807, 2.05) is 19.1 Å². The molecule has 0 aliphatic heterocycles. The van der Waals surface area contributed by atoms with E-state index in [2.05, 4.69) is 15.2 Å². The Bertz CT molecular complexity index is 771. The van der Waals surface area contributed by atoms with Gasteiger partial charge in [0.2, 0.25) is 5.43 Å². The van der Waals surface area contributed by atoms with Crippen molar-refractivity contribution in [1.82, 2.24) is 15.2 Å². The van der Waals surface area contributed by atoms with Crippen molar-refractivity contribution in [1.29, 1.82) is 0 Å². The number of aryl methyl sites for hydroxylation is 1. The number of benzene rings is 1. The summed E-state index contributed by atoms with van der Waals surface area (Å²) in [4.78, 5) is 15.0. The van der Waals surface area contributed by atoms with Gasteiger partial charge in [-0.05, 0) is 19.1 Å². The van der Waals surface area contributed by atoms with Crippen LogP contribution in [-0.4, -0.2) is 15.2 Å². The van der Waals surface area contributed by atoms with Crippen molar-refractivity contribution in [2.45, 2.75) is 6.92 Å². The van der Waals surface area contributed by atoms with Crippen LogP contribution in [0.2, 0.25) is 5.02 Å². The molecule has 1 aromatic carbocycles. The molecular formula is C13H10ClN3O. The maximum atomic E-state index is 11.8. The van der Waals surface area contributed by atoms with Gasteiger partial charge in [0, 0.05) is 22.3 Å². The molecule has 0 aliphatic carbocycles. The molecule has 0 radical (unpaired) electrons. The van der Waals surface area contributed by atoms with Crippen molar-refractivity contribution >= 4 is 22.6 Å². The first-order chi connectivity index (χ1) is 8.65. The largest absolute Gasteiger partial charge is 0.355 e. The van der Waals surface area contributed by atoms with E-state index in [1.54, 1.807) is 18.2 Å². The Morgan fingerprint density at radius 3 is 2.61 bits per heavy atom. The normalized spacial score (nSPS) is 11.0. The number of halogens is 1. The summed E-state index contributed by atoms with van der Waals surface area (Å²) in [7, 11) is 0. The summed E-state index contributed by atoms with van der Waals surface area (Å²) >= 11 is 5.86. The number of fused-ring (bicyclic) bond motifs is 1. The van der Waals surface area contributed by atoms with Crippen molar-refractivity contribution in [2.75, 3.05) is 0 Å². The Labute approximate surface area is 108 Å². The molecule has 0 saturated heterocycles. The zero-order valence-corrected chi connectivity index (χ0v) is 10.4. The fourth-order valence-corrected chi connectivity index (χ4v) is 2.09. The lowest BCUT2D eigenvalue weighted by molar-refractivity contribution is 1.12. The lowest BCUT2D eigenvalue weighted by atomic mass is 10.1. The summed E-state index contributed by atoms with van der Waals surface area (Å²) in [6.07, 6.45) is 0. The van der Waals surface area contributed by atoms with E-state index in [4.69, 9.17) is 11.6 Å². The van der Waals surface area contributed by atoms with E-state index in [0.29, 0.717) is 10.5 Å². The number of nitrogens with one attached hydrogen (secondary N) is 2. The Kier molecular flexibility index (Phi) is 2.45. The van der Waals surface area contributed by atoms with Gasteiger partial charge >= 0.3 is 0 Å². The van der Waals surface area contributed by atoms with Gasteiger partial charge in [-0.3, -0.25) is 9.89 Å². The van der Waals surface area contributed by atoms with E-state index in [1.165, 1.54) is 0 Å². The molecule has 0 spiro atoms. The van der Waals surface area contributed by atoms with Crippen LogP contribution in [0, 0.1) is 6.92 Å². The quantitative estimate of drug-likeness (QED) is 0.706. The summed E-state index contributed by atoms with van der Waals surface area (Å²) in [5.41, 5.74) is 3.60. The van der Waals surface area contributed by atoms with Crippen LogP contribution in [-0.2, 0) is 0 Å². The molecule has 90 valence electrons. The number of rotatable bonds is 1. The van der Waals surface area contributed by atoms with E-state index in [0.717, 1.165) is 22.5 Å². The lowest BCUT2D eigenvalue weighted by Crippen LogP contribution is -2.02. The molecule has 0 unspecified atom stereocenters. The van der Waals surface area contributed by atoms with E-state index in [-0.39, 0.29) is 5.43 Å². The molecule has 0 bridgehead atoms. The molecule has 2 heterocycles. The molecule has 0 saturated carbocycles. The predicted molar refractivity (Wildman–Crippen MR) is 71.9 cm³/mol.